The summed E-state index contributed by atoms with van der Waals surface area (Å²) in [6.07, 6.45) is 6.29. The average molecular weight is 337 g/mol. The second-order valence-electron chi connectivity index (χ2n) is 7.72. The van der Waals surface area contributed by atoms with Crippen molar-refractivity contribution in [1.29, 1.82) is 0 Å². The van der Waals surface area contributed by atoms with Crippen LogP contribution >= 0.6 is 11.6 Å². The lowest BCUT2D eigenvalue weighted by atomic mass is 9.67. The Labute approximate surface area is 150 Å². The Morgan fingerprint density at radius 3 is 2.62 bits per heavy atom. The Balaban J connectivity index is 1.97. The maximum absolute atomic E-state index is 6.74. The van der Waals surface area contributed by atoms with Crippen LogP contribution in [-0.2, 0) is 5.41 Å². The van der Waals surface area contributed by atoms with E-state index in [-0.39, 0.29) is 5.41 Å². The number of allylic oxidation sites excluding steroid dienone is 2. The van der Waals surface area contributed by atoms with Gasteiger partial charge in [-0.05, 0) is 59.9 Å². The van der Waals surface area contributed by atoms with Crippen LogP contribution < -0.4 is 0 Å². The molecule has 0 radical (unpaired) electrons. The van der Waals surface area contributed by atoms with Crippen molar-refractivity contribution in [3.05, 3.63) is 70.3 Å². The third kappa shape index (κ3) is 2.19. The van der Waals surface area contributed by atoms with Crippen molar-refractivity contribution in [3.63, 3.8) is 0 Å². The van der Waals surface area contributed by atoms with Gasteiger partial charge in [-0.2, -0.15) is 0 Å². The van der Waals surface area contributed by atoms with Gasteiger partial charge in [-0.25, -0.2) is 0 Å². The summed E-state index contributed by atoms with van der Waals surface area (Å²) in [6, 6.07) is 15.2. The number of halogens is 1. The Bertz CT molecular complexity index is 817. The molecule has 0 fully saturated rings. The molecular weight excluding hydrogens is 312 g/mol. The minimum atomic E-state index is -0.0909. The Morgan fingerprint density at radius 2 is 1.83 bits per heavy atom. The molecule has 0 aromatic heterocycles. The van der Waals surface area contributed by atoms with E-state index >= 15 is 0 Å². The molecule has 0 amide bonds. The van der Waals surface area contributed by atoms with Gasteiger partial charge in [0.15, 0.2) is 0 Å². The third-order valence-electron chi connectivity index (χ3n) is 6.19. The summed E-state index contributed by atoms with van der Waals surface area (Å²) in [5, 5.41) is 0.901. The molecule has 2 aliphatic carbocycles. The molecule has 2 aliphatic rings. The van der Waals surface area contributed by atoms with E-state index in [1.807, 2.05) is 0 Å². The van der Waals surface area contributed by atoms with Gasteiger partial charge in [0.05, 0.1) is 0 Å². The van der Waals surface area contributed by atoms with E-state index in [0.29, 0.717) is 5.92 Å². The van der Waals surface area contributed by atoms with Gasteiger partial charge in [0, 0.05) is 10.4 Å². The first-order valence-electron chi connectivity index (χ1n) is 9.15. The molecule has 3 atom stereocenters. The molecular formula is C23H25Cl. The fraction of sp³-hybridized carbons (Fsp3) is 0.391. The molecule has 2 aromatic rings. The summed E-state index contributed by atoms with van der Waals surface area (Å²) in [7, 11) is 0. The molecule has 0 heterocycles. The second kappa shape index (κ2) is 5.77. The van der Waals surface area contributed by atoms with Crippen LogP contribution in [0.1, 0.15) is 51.2 Å². The predicted octanol–water partition coefficient (Wildman–Crippen LogP) is 7.01. The van der Waals surface area contributed by atoms with Crippen LogP contribution in [0.5, 0.6) is 0 Å². The monoisotopic (exact) mass is 336 g/mol. The van der Waals surface area contributed by atoms with Crippen LogP contribution in [0.2, 0.25) is 5.02 Å². The minimum absolute atomic E-state index is 0.0909. The Morgan fingerprint density at radius 1 is 1.08 bits per heavy atom. The molecule has 0 spiro atoms. The maximum atomic E-state index is 6.74. The lowest BCUT2D eigenvalue weighted by Gasteiger charge is -2.37. The second-order valence-corrected chi connectivity index (χ2v) is 8.12. The highest BCUT2D eigenvalue weighted by Crippen LogP contribution is 2.56. The van der Waals surface area contributed by atoms with Gasteiger partial charge >= 0.3 is 0 Å². The molecule has 2 aromatic carbocycles. The normalized spacial score (nSPS) is 28.2. The molecule has 0 N–H and O–H groups in total. The zero-order valence-electron chi connectivity index (χ0n) is 14.8. The first-order valence-corrected chi connectivity index (χ1v) is 9.53. The SMILES string of the molecule is CCC1CC(C2(C)c3ccccc3-c3cccc(Cl)c32)=CC(C)C1. The Kier molecular flexibility index (Phi) is 3.84. The van der Waals surface area contributed by atoms with E-state index in [2.05, 4.69) is 69.3 Å². The van der Waals surface area contributed by atoms with E-state index in [0.717, 1.165) is 10.9 Å². The van der Waals surface area contributed by atoms with Crippen molar-refractivity contribution < 1.29 is 0 Å². The fourth-order valence-electron chi connectivity index (χ4n) is 4.96. The van der Waals surface area contributed by atoms with E-state index in [4.69, 9.17) is 11.6 Å². The summed E-state index contributed by atoms with van der Waals surface area (Å²) < 4.78 is 0. The van der Waals surface area contributed by atoms with Crippen LogP contribution in [0.3, 0.4) is 0 Å². The molecule has 0 saturated carbocycles. The highest BCUT2D eigenvalue weighted by Gasteiger charge is 2.44. The zero-order valence-corrected chi connectivity index (χ0v) is 15.5. The summed E-state index contributed by atoms with van der Waals surface area (Å²) >= 11 is 6.74. The molecule has 24 heavy (non-hydrogen) atoms. The fourth-order valence-corrected chi connectivity index (χ4v) is 5.32. The van der Waals surface area contributed by atoms with Gasteiger partial charge in [0.25, 0.3) is 0 Å². The molecule has 0 aliphatic heterocycles. The van der Waals surface area contributed by atoms with Gasteiger partial charge in [0.1, 0.15) is 0 Å². The first-order chi connectivity index (χ1) is 11.6. The lowest BCUT2D eigenvalue weighted by Crippen LogP contribution is -2.28. The van der Waals surface area contributed by atoms with E-state index in [9.17, 15) is 0 Å². The van der Waals surface area contributed by atoms with Crippen molar-refractivity contribution in [2.75, 3.05) is 0 Å². The lowest BCUT2D eigenvalue weighted by molar-refractivity contribution is 0.373. The largest absolute Gasteiger partial charge is 0.0840 e. The molecule has 3 unspecified atom stereocenters. The summed E-state index contributed by atoms with van der Waals surface area (Å²) in [5.41, 5.74) is 6.86. The molecule has 0 saturated heterocycles. The summed E-state index contributed by atoms with van der Waals surface area (Å²) in [6.45, 7) is 7.08. The summed E-state index contributed by atoms with van der Waals surface area (Å²) in [5.74, 6) is 1.43. The number of fused-ring (bicyclic) bond motifs is 3. The van der Waals surface area contributed by atoms with Gasteiger partial charge in [-0.3, -0.25) is 0 Å². The molecule has 0 nitrogen and oxygen atoms in total. The van der Waals surface area contributed by atoms with E-state index in [1.165, 1.54) is 41.5 Å². The average Bonchev–Trinajstić information content (AvgIpc) is 2.86. The van der Waals surface area contributed by atoms with Crippen molar-refractivity contribution in [3.8, 4) is 11.1 Å². The Hall–Kier alpha value is -1.53. The highest BCUT2D eigenvalue weighted by molar-refractivity contribution is 6.32. The van der Waals surface area contributed by atoms with Gasteiger partial charge in [0.2, 0.25) is 0 Å². The number of rotatable bonds is 2. The predicted molar refractivity (Wildman–Crippen MR) is 104 cm³/mol. The topological polar surface area (TPSA) is 0 Å². The van der Waals surface area contributed by atoms with E-state index < -0.39 is 0 Å². The molecule has 124 valence electrons. The molecule has 1 heteroatoms. The maximum Gasteiger partial charge on any atom is 0.0456 e. The molecule has 0 bridgehead atoms. The van der Waals surface area contributed by atoms with Gasteiger partial charge < -0.3 is 0 Å². The van der Waals surface area contributed by atoms with Crippen molar-refractivity contribution in [1.82, 2.24) is 0 Å². The quantitative estimate of drug-likeness (QED) is 0.517. The van der Waals surface area contributed by atoms with E-state index in [1.54, 1.807) is 5.57 Å². The number of hydrogen-bond acceptors (Lipinski definition) is 0. The van der Waals surface area contributed by atoms with Crippen molar-refractivity contribution in [2.24, 2.45) is 11.8 Å². The molecule has 4 rings (SSSR count). The van der Waals surface area contributed by atoms with Crippen LogP contribution in [0.25, 0.3) is 11.1 Å². The van der Waals surface area contributed by atoms with Crippen LogP contribution in [-0.4, -0.2) is 0 Å². The van der Waals surface area contributed by atoms with Crippen LogP contribution in [0.4, 0.5) is 0 Å². The standard InChI is InChI=1S/C23H25Cl/c1-4-16-12-15(2)13-17(14-16)23(3)20-10-6-5-8-18(20)19-9-7-11-21(24)22(19)23/h5-11,13,15-16H,4,12,14H2,1-3H3. The smallest absolute Gasteiger partial charge is 0.0456 e. The van der Waals surface area contributed by atoms with Crippen LogP contribution in [0.15, 0.2) is 54.1 Å². The van der Waals surface area contributed by atoms with Crippen molar-refractivity contribution in [2.45, 2.75) is 45.4 Å². The number of benzene rings is 2. The minimum Gasteiger partial charge on any atom is -0.0840 e. The van der Waals surface area contributed by atoms with Gasteiger partial charge in [-0.1, -0.05) is 79.9 Å². The highest BCUT2D eigenvalue weighted by atomic mass is 35.5. The first kappa shape index (κ1) is 16.0. The zero-order chi connectivity index (χ0) is 16.9. The van der Waals surface area contributed by atoms with Gasteiger partial charge in [-0.15, -0.1) is 0 Å². The van der Waals surface area contributed by atoms with Crippen molar-refractivity contribution >= 4 is 11.6 Å². The van der Waals surface area contributed by atoms with Crippen LogP contribution in [0, 0.1) is 11.8 Å². The third-order valence-corrected chi connectivity index (χ3v) is 6.50. The number of hydrogen-bond donors (Lipinski definition) is 0. The summed E-state index contributed by atoms with van der Waals surface area (Å²) in [4.78, 5) is 0.